The first-order valence-electron chi connectivity index (χ1n) is 9.52. The van der Waals surface area contributed by atoms with Gasteiger partial charge in [0, 0.05) is 19.4 Å². The van der Waals surface area contributed by atoms with Crippen LogP contribution in [0.4, 0.5) is 0 Å². The molecule has 0 amide bonds. The summed E-state index contributed by atoms with van der Waals surface area (Å²) in [5, 5.41) is 8.37. The van der Waals surface area contributed by atoms with Crippen molar-refractivity contribution in [3.63, 3.8) is 0 Å². The maximum atomic E-state index is 10.2. The third kappa shape index (κ3) is 4.47. The van der Waals surface area contributed by atoms with E-state index >= 15 is 0 Å². The van der Waals surface area contributed by atoms with Crippen LogP contribution >= 0.6 is 11.8 Å². The average molecular weight is 417 g/mol. The molecule has 0 saturated carbocycles. The summed E-state index contributed by atoms with van der Waals surface area (Å²) in [7, 11) is 1.64. The topological polar surface area (TPSA) is 55.1 Å². The maximum Gasteiger partial charge on any atom is 0.372 e. The standard InChI is InChI=1S/C20H18S.C5H6N2O2/c1-21-20(17-11-5-2-6-12-17,18-13-7-3-8-14-18)19-15-9-4-10-16-19;1-7-3-2-6-4(7)5(8)9/h2-16H,1H3;2-3H,1H3,(H,8,9). The first kappa shape index (κ1) is 21.4. The van der Waals surface area contributed by atoms with Gasteiger partial charge in [-0.05, 0) is 22.9 Å². The smallest absolute Gasteiger partial charge is 0.372 e. The number of rotatable bonds is 5. The summed E-state index contributed by atoms with van der Waals surface area (Å²) in [4.78, 5) is 13.8. The molecule has 30 heavy (non-hydrogen) atoms. The van der Waals surface area contributed by atoms with Gasteiger partial charge in [0.05, 0.1) is 4.75 Å². The fraction of sp³-hybridized carbons (Fsp3) is 0.120. The molecule has 0 aliphatic carbocycles. The second-order valence-corrected chi connectivity index (χ2v) is 7.67. The number of thioether (sulfide) groups is 1. The maximum absolute atomic E-state index is 10.2. The monoisotopic (exact) mass is 416 g/mol. The molecular formula is C25H24N2O2S. The molecule has 0 atom stereocenters. The van der Waals surface area contributed by atoms with Gasteiger partial charge in [-0.2, -0.15) is 0 Å². The van der Waals surface area contributed by atoms with Crippen molar-refractivity contribution in [2.24, 2.45) is 7.05 Å². The van der Waals surface area contributed by atoms with Crippen molar-refractivity contribution >= 4 is 17.7 Å². The van der Waals surface area contributed by atoms with Crippen LogP contribution < -0.4 is 0 Å². The highest BCUT2D eigenvalue weighted by Gasteiger charge is 2.35. The van der Waals surface area contributed by atoms with Crippen LogP contribution in [-0.4, -0.2) is 26.9 Å². The predicted molar refractivity (Wildman–Crippen MR) is 123 cm³/mol. The van der Waals surface area contributed by atoms with E-state index in [1.54, 1.807) is 13.2 Å². The van der Waals surface area contributed by atoms with Crippen LogP contribution in [0.2, 0.25) is 0 Å². The Labute approximate surface area is 181 Å². The summed E-state index contributed by atoms with van der Waals surface area (Å²) < 4.78 is 1.28. The molecule has 3 aromatic carbocycles. The third-order valence-corrected chi connectivity index (χ3v) is 6.18. The number of aryl methyl sites for hydroxylation is 1. The molecule has 0 fully saturated rings. The van der Waals surface area contributed by atoms with E-state index in [0.29, 0.717) is 0 Å². The zero-order chi connectivity index (χ0) is 21.4. The Kier molecular flexibility index (Phi) is 7.09. The van der Waals surface area contributed by atoms with E-state index in [0.717, 1.165) is 0 Å². The summed E-state index contributed by atoms with van der Waals surface area (Å²) in [6.07, 6.45) is 5.22. The van der Waals surface area contributed by atoms with Crippen LogP contribution in [0.15, 0.2) is 103 Å². The largest absolute Gasteiger partial charge is 0.475 e. The van der Waals surface area contributed by atoms with Gasteiger partial charge in [0.1, 0.15) is 0 Å². The Morgan fingerprint density at radius 3 is 1.47 bits per heavy atom. The van der Waals surface area contributed by atoms with Crippen molar-refractivity contribution in [3.05, 3.63) is 126 Å². The lowest BCUT2D eigenvalue weighted by Crippen LogP contribution is -2.24. The molecule has 4 aromatic rings. The number of nitrogens with zero attached hydrogens (tertiary/aromatic N) is 2. The Morgan fingerprint density at radius 1 is 0.833 bits per heavy atom. The first-order valence-corrected chi connectivity index (χ1v) is 10.7. The Morgan fingerprint density at radius 2 is 1.23 bits per heavy atom. The molecule has 0 spiro atoms. The number of imidazole rings is 1. The number of carbonyl (C=O) groups is 1. The van der Waals surface area contributed by atoms with Gasteiger partial charge in [-0.25, -0.2) is 9.78 Å². The van der Waals surface area contributed by atoms with Gasteiger partial charge < -0.3 is 9.67 Å². The highest BCUT2D eigenvalue weighted by atomic mass is 32.2. The second-order valence-electron chi connectivity index (χ2n) is 6.65. The van der Waals surface area contributed by atoms with Crippen LogP contribution in [-0.2, 0) is 11.8 Å². The lowest BCUT2D eigenvalue weighted by molar-refractivity contribution is 0.0679. The van der Waals surface area contributed by atoms with Gasteiger partial charge in [-0.1, -0.05) is 91.0 Å². The van der Waals surface area contributed by atoms with Crippen molar-refractivity contribution in [3.8, 4) is 0 Å². The minimum Gasteiger partial charge on any atom is -0.475 e. The van der Waals surface area contributed by atoms with Crippen molar-refractivity contribution in [2.45, 2.75) is 4.75 Å². The number of benzene rings is 3. The minimum atomic E-state index is -0.998. The fourth-order valence-electron chi connectivity index (χ4n) is 3.44. The van der Waals surface area contributed by atoms with Crippen molar-refractivity contribution in [2.75, 3.05) is 6.26 Å². The number of aromatic carboxylic acids is 1. The van der Waals surface area contributed by atoms with E-state index in [1.165, 1.54) is 27.5 Å². The Bertz CT molecular complexity index is 967. The summed E-state index contributed by atoms with van der Waals surface area (Å²) in [6.45, 7) is 0. The molecule has 4 rings (SSSR count). The van der Waals surface area contributed by atoms with Crippen molar-refractivity contribution < 1.29 is 9.90 Å². The highest BCUT2D eigenvalue weighted by molar-refractivity contribution is 8.00. The fourth-order valence-corrected chi connectivity index (χ4v) is 4.56. The highest BCUT2D eigenvalue weighted by Crippen LogP contribution is 2.46. The third-order valence-electron chi connectivity index (χ3n) is 4.86. The molecule has 0 radical (unpaired) electrons. The van der Waals surface area contributed by atoms with Crippen LogP contribution in [0.3, 0.4) is 0 Å². The minimum absolute atomic E-state index is 0.0648. The van der Waals surface area contributed by atoms with Gasteiger partial charge in [-0.3, -0.25) is 0 Å². The number of hydrogen-bond acceptors (Lipinski definition) is 3. The molecule has 0 bridgehead atoms. The van der Waals surface area contributed by atoms with E-state index in [4.69, 9.17) is 5.11 Å². The van der Waals surface area contributed by atoms with E-state index in [2.05, 4.69) is 102 Å². The molecule has 0 aliphatic heterocycles. The van der Waals surface area contributed by atoms with Gasteiger partial charge in [0.25, 0.3) is 0 Å². The van der Waals surface area contributed by atoms with E-state index in [-0.39, 0.29) is 10.6 Å². The Hall–Kier alpha value is -3.31. The van der Waals surface area contributed by atoms with Gasteiger partial charge in [-0.15, -0.1) is 11.8 Å². The molecule has 1 N–H and O–H groups in total. The Balaban J connectivity index is 0.000000239. The average Bonchev–Trinajstić information content (AvgIpc) is 3.24. The van der Waals surface area contributed by atoms with E-state index in [1.807, 2.05) is 11.8 Å². The van der Waals surface area contributed by atoms with Crippen molar-refractivity contribution in [1.29, 1.82) is 0 Å². The molecule has 5 heteroatoms. The summed E-state index contributed by atoms with van der Waals surface area (Å²) in [5.74, 6) is -0.933. The van der Waals surface area contributed by atoms with Crippen molar-refractivity contribution in [1.82, 2.24) is 9.55 Å². The molecule has 1 aromatic heterocycles. The molecule has 4 nitrogen and oxygen atoms in total. The predicted octanol–water partition coefficient (Wildman–Crippen LogP) is 5.46. The first-order chi connectivity index (χ1) is 14.6. The van der Waals surface area contributed by atoms with Crippen LogP contribution in [0.1, 0.15) is 27.3 Å². The summed E-state index contributed by atoms with van der Waals surface area (Å²) >= 11 is 1.88. The zero-order valence-corrected chi connectivity index (χ0v) is 17.8. The zero-order valence-electron chi connectivity index (χ0n) is 17.0. The molecule has 152 valence electrons. The number of carboxylic acid groups (broad SMARTS) is 1. The van der Waals surface area contributed by atoms with Gasteiger partial charge >= 0.3 is 5.97 Å². The number of hydrogen-bond donors (Lipinski definition) is 1. The second kappa shape index (κ2) is 9.94. The SMILES string of the molecule is CSC(c1ccccc1)(c1ccccc1)c1ccccc1.Cn1ccnc1C(=O)O. The summed E-state index contributed by atoms with van der Waals surface area (Å²) in [6, 6.07) is 32.2. The number of aromatic nitrogens is 2. The quantitative estimate of drug-likeness (QED) is 0.439. The van der Waals surface area contributed by atoms with Gasteiger partial charge in [0.2, 0.25) is 5.82 Å². The van der Waals surface area contributed by atoms with Crippen LogP contribution in [0.25, 0.3) is 0 Å². The van der Waals surface area contributed by atoms with E-state index < -0.39 is 5.97 Å². The lowest BCUT2D eigenvalue weighted by Gasteiger charge is -2.34. The normalized spacial score (nSPS) is 10.7. The molecule has 0 aliphatic rings. The summed E-state index contributed by atoms with van der Waals surface area (Å²) in [5.41, 5.74) is 3.94. The van der Waals surface area contributed by atoms with Crippen LogP contribution in [0.5, 0.6) is 0 Å². The molecular weight excluding hydrogens is 392 g/mol. The van der Waals surface area contributed by atoms with Gasteiger partial charge in [0.15, 0.2) is 0 Å². The van der Waals surface area contributed by atoms with Crippen LogP contribution in [0, 0.1) is 0 Å². The molecule has 0 unspecified atom stereocenters. The molecule has 0 saturated heterocycles. The lowest BCUT2D eigenvalue weighted by atomic mass is 9.84. The number of carboxylic acids is 1. The van der Waals surface area contributed by atoms with E-state index in [9.17, 15) is 4.79 Å². The molecule has 1 heterocycles.